The van der Waals surface area contributed by atoms with E-state index < -0.39 is 0 Å². The number of aryl methyl sites for hydroxylation is 1. The number of thiazole rings is 1. The quantitative estimate of drug-likeness (QED) is 0.786. The fourth-order valence-electron chi connectivity index (χ4n) is 1.95. The molecule has 1 atom stereocenters. The van der Waals surface area contributed by atoms with Crippen molar-refractivity contribution in [1.82, 2.24) is 4.98 Å². The second kappa shape index (κ2) is 4.80. The van der Waals surface area contributed by atoms with Crippen LogP contribution in [0.15, 0.2) is 36.4 Å². The van der Waals surface area contributed by atoms with E-state index in [-0.39, 0.29) is 6.04 Å². The highest BCUT2D eigenvalue weighted by atomic mass is 32.1. The van der Waals surface area contributed by atoms with Crippen molar-refractivity contribution in [2.75, 3.05) is 0 Å². The Morgan fingerprint density at radius 2 is 2.00 bits per heavy atom. The first-order valence-electron chi connectivity index (χ1n) is 5.89. The zero-order chi connectivity index (χ0) is 12.5. The average molecular weight is 274 g/mol. The summed E-state index contributed by atoms with van der Waals surface area (Å²) in [5, 5.41) is 1.03. The summed E-state index contributed by atoms with van der Waals surface area (Å²) in [4.78, 5) is 7.28. The van der Waals surface area contributed by atoms with Crippen LogP contribution in [0.5, 0.6) is 0 Å². The van der Waals surface area contributed by atoms with Gasteiger partial charge in [-0.05, 0) is 31.2 Å². The minimum absolute atomic E-state index is 0.000417. The summed E-state index contributed by atoms with van der Waals surface area (Å²) in [5.74, 6) is 0. The van der Waals surface area contributed by atoms with Gasteiger partial charge in [-0.25, -0.2) is 4.98 Å². The molecule has 0 saturated carbocycles. The van der Waals surface area contributed by atoms with Gasteiger partial charge in [0.25, 0.3) is 0 Å². The molecule has 0 spiro atoms. The highest BCUT2D eigenvalue weighted by molar-refractivity contribution is 7.18. The third-order valence-electron chi connectivity index (χ3n) is 2.84. The van der Waals surface area contributed by atoms with Crippen molar-refractivity contribution in [3.8, 4) is 0 Å². The maximum absolute atomic E-state index is 6.25. The number of rotatable bonds is 3. The molecule has 1 aromatic carbocycles. The molecule has 92 valence electrons. The van der Waals surface area contributed by atoms with Crippen molar-refractivity contribution in [3.63, 3.8) is 0 Å². The molecule has 0 saturated heterocycles. The van der Waals surface area contributed by atoms with Crippen molar-refractivity contribution >= 4 is 32.9 Å². The lowest BCUT2D eigenvalue weighted by Gasteiger charge is -2.05. The van der Waals surface area contributed by atoms with Gasteiger partial charge in [0.15, 0.2) is 0 Å². The third-order valence-corrected chi connectivity index (χ3v) is 5.04. The summed E-state index contributed by atoms with van der Waals surface area (Å²) in [6.07, 6.45) is 0.873. The first-order valence-corrected chi connectivity index (χ1v) is 7.52. The van der Waals surface area contributed by atoms with Gasteiger partial charge < -0.3 is 5.73 Å². The smallest absolute Gasteiger partial charge is 0.111 e. The maximum Gasteiger partial charge on any atom is 0.111 e. The number of aromatic nitrogens is 1. The molecule has 0 radical (unpaired) electrons. The van der Waals surface area contributed by atoms with Crippen LogP contribution in [0.3, 0.4) is 0 Å². The molecule has 1 unspecified atom stereocenters. The van der Waals surface area contributed by atoms with E-state index in [1.807, 2.05) is 29.5 Å². The largest absolute Gasteiger partial charge is 0.322 e. The van der Waals surface area contributed by atoms with Crippen LogP contribution in [0.2, 0.25) is 0 Å². The molecular weight excluding hydrogens is 260 g/mol. The Bertz CT molecular complexity index is 636. The van der Waals surface area contributed by atoms with Gasteiger partial charge in [0.1, 0.15) is 5.01 Å². The summed E-state index contributed by atoms with van der Waals surface area (Å²) in [6.45, 7) is 2.12. The van der Waals surface area contributed by atoms with E-state index in [0.29, 0.717) is 0 Å². The highest BCUT2D eigenvalue weighted by Crippen LogP contribution is 2.28. The van der Waals surface area contributed by atoms with Crippen molar-refractivity contribution in [2.24, 2.45) is 5.73 Å². The van der Waals surface area contributed by atoms with Crippen molar-refractivity contribution in [3.05, 3.63) is 51.2 Å². The van der Waals surface area contributed by atoms with E-state index >= 15 is 0 Å². The summed E-state index contributed by atoms with van der Waals surface area (Å²) < 4.78 is 1.21. The number of para-hydroxylation sites is 1. The molecule has 2 aromatic heterocycles. The number of benzene rings is 1. The molecule has 3 aromatic rings. The van der Waals surface area contributed by atoms with E-state index in [2.05, 4.69) is 30.1 Å². The van der Waals surface area contributed by atoms with Crippen LogP contribution in [0.25, 0.3) is 10.2 Å². The Morgan fingerprint density at radius 1 is 1.17 bits per heavy atom. The molecular formula is C14H14N2S2. The Morgan fingerprint density at radius 3 is 2.72 bits per heavy atom. The standard InChI is InChI=1S/C14H14N2S2/c1-9-6-7-10(17-9)8-11(15)14-16-12-4-2-3-5-13(12)18-14/h2-7,11H,8,15H2,1H3. The van der Waals surface area contributed by atoms with Crippen LogP contribution in [0, 0.1) is 6.92 Å². The molecule has 4 heteroatoms. The molecule has 2 N–H and O–H groups in total. The van der Waals surface area contributed by atoms with Gasteiger partial charge in [-0.3, -0.25) is 0 Å². The van der Waals surface area contributed by atoms with Gasteiger partial charge >= 0.3 is 0 Å². The summed E-state index contributed by atoms with van der Waals surface area (Å²) >= 11 is 3.51. The molecule has 0 aliphatic heterocycles. The van der Waals surface area contributed by atoms with Gasteiger partial charge in [0, 0.05) is 16.2 Å². The molecule has 2 nitrogen and oxygen atoms in total. The van der Waals surface area contributed by atoms with Crippen LogP contribution in [0.4, 0.5) is 0 Å². The molecule has 0 amide bonds. The van der Waals surface area contributed by atoms with E-state index in [1.54, 1.807) is 11.3 Å². The zero-order valence-corrected chi connectivity index (χ0v) is 11.7. The Hall–Kier alpha value is -1.23. The number of fused-ring (bicyclic) bond motifs is 1. The number of nitrogens with two attached hydrogens (primary N) is 1. The SMILES string of the molecule is Cc1ccc(CC(N)c2nc3ccccc3s2)s1. The predicted molar refractivity (Wildman–Crippen MR) is 79.3 cm³/mol. The number of thiophene rings is 1. The lowest BCUT2D eigenvalue weighted by molar-refractivity contribution is 0.725. The predicted octanol–water partition coefficient (Wildman–Crippen LogP) is 3.91. The van der Waals surface area contributed by atoms with E-state index in [9.17, 15) is 0 Å². The molecule has 0 fully saturated rings. The third kappa shape index (κ3) is 2.32. The summed E-state index contributed by atoms with van der Waals surface area (Å²) in [6, 6.07) is 12.5. The molecule has 0 bridgehead atoms. The number of hydrogen-bond acceptors (Lipinski definition) is 4. The Kier molecular flexibility index (Phi) is 3.16. The normalized spacial score (nSPS) is 13.0. The van der Waals surface area contributed by atoms with Gasteiger partial charge in [-0.1, -0.05) is 12.1 Å². The van der Waals surface area contributed by atoms with Gasteiger partial charge in [-0.2, -0.15) is 0 Å². The monoisotopic (exact) mass is 274 g/mol. The molecule has 3 rings (SSSR count). The summed E-state index contributed by atoms with van der Waals surface area (Å²) in [7, 11) is 0. The van der Waals surface area contributed by atoms with Crippen LogP contribution < -0.4 is 5.73 Å². The van der Waals surface area contributed by atoms with Gasteiger partial charge in [0.2, 0.25) is 0 Å². The van der Waals surface area contributed by atoms with Gasteiger partial charge in [-0.15, -0.1) is 22.7 Å². The number of hydrogen-bond donors (Lipinski definition) is 1. The molecule has 0 aliphatic carbocycles. The lowest BCUT2D eigenvalue weighted by atomic mass is 10.2. The van der Waals surface area contributed by atoms with Crippen LogP contribution >= 0.6 is 22.7 Å². The van der Waals surface area contributed by atoms with E-state index in [0.717, 1.165) is 16.9 Å². The van der Waals surface area contributed by atoms with Crippen molar-refractivity contribution in [2.45, 2.75) is 19.4 Å². The van der Waals surface area contributed by atoms with Crippen molar-refractivity contribution < 1.29 is 0 Å². The van der Waals surface area contributed by atoms with Crippen molar-refractivity contribution in [1.29, 1.82) is 0 Å². The first-order chi connectivity index (χ1) is 8.72. The molecule has 0 aliphatic rings. The first kappa shape index (κ1) is 11.8. The zero-order valence-electron chi connectivity index (χ0n) is 10.1. The van der Waals surface area contributed by atoms with Gasteiger partial charge in [0.05, 0.1) is 16.3 Å². The minimum atomic E-state index is 0.000417. The van der Waals surface area contributed by atoms with Crippen LogP contribution in [-0.4, -0.2) is 4.98 Å². The lowest BCUT2D eigenvalue weighted by Crippen LogP contribution is -2.12. The molecule has 18 heavy (non-hydrogen) atoms. The second-order valence-corrected chi connectivity index (χ2v) is 6.78. The topological polar surface area (TPSA) is 38.9 Å². The fraction of sp³-hybridized carbons (Fsp3) is 0.214. The van der Waals surface area contributed by atoms with Crippen LogP contribution in [-0.2, 0) is 6.42 Å². The van der Waals surface area contributed by atoms with E-state index in [4.69, 9.17) is 5.73 Å². The Balaban J connectivity index is 1.85. The average Bonchev–Trinajstić information content (AvgIpc) is 2.95. The minimum Gasteiger partial charge on any atom is -0.322 e. The maximum atomic E-state index is 6.25. The summed E-state index contributed by atoms with van der Waals surface area (Å²) in [5.41, 5.74) is 7.31. The van der Waals surface area contributed by atoms with E-state index in [1.165, 1.54) is 14.5 Å². The highest BCUT2D eigenvalue weighted by Gasteiger charge is 2.13. The number of nitrogens with zero attached hydrogens (tertiary/aromatic N) is 1. The van der Waals surface area contributed by atoms with Crippen LogP contribution in [0.1, 0.15) is 20.8 Å². The Labute approximate surface area is 114 Å². The fourth-order valence-corrected chi connectivity index (χ4v) is 3.87. The molecule has 2 heterocycles. The second-order valence-electron chi connectivity index (χ2n) is 4.34.